The van der Waals surface area contributed by atoms with Crippen LogP contribution in [0.25, 0.3) is 11.7 Å². The summed E-state index contributed by atoms with van der Waals surface area (Å²) in [5.41, 5.74) is 1.99. The summed E-state index contributed by atoms with van der Waals surface area (Å²) in [4.78, 5) is 6.95. The SMILES string of the molecule is CCCC/C=C/c1cnn2c(NCCCN3CCOCC3)ccnc12. The third kappa shape index (κ3) is 5.03. The Balaban J connectivity index is 1.54. The van der Waals surface area contributed by atoms with Crippen molar-refractivity contribution < 1.29 is 4.74 Å². The van der Waals surface area contributed by atoms with Gasteiger partial charge in [-0.25, -0.2) is 4.98 Å². The number of nitrogens with one attached hydrogen (secondary N) is 1. The number of aromatic nitrogens is 3. The standard InChI is InChI=1S/C19H29N5O/c1-2-3-4-5-7-17-16-22-24-18(8-10-21-19(17)24)20-9-6-11-23-12-14-25-15-13-23/h5,7-8,10,16,20H,2-4,6,9,11-15H2,1H3/b7-5+. The van der Waals surface area contributed by atoms with Crippen LogP contribution < -0.4 is 5.32 Å². The van der Waals surface area contributed by atoms with E-state index in [1.807, 2.05) is 23.0 Å². The summed E-state index contributed by atoms with van der Waals surface area (Å²) in [5, 5.41) is 7.99. The summed E-state index contributed by atoms with van der Waals surface area (Å²) < 4.78 is 7.28. The van der Waals surface area contributed by atoms with Crippen LogP contribution in [0.4, 0.5) is 5.82 Å². The van der Waals surface area contributed by atoms with Gasteiger partial charge >= 0.3 is 0 Å². The molecule has 6 nitrogen and oxygen atoms in total. The lowest BCUT2D eigenvalue weighted by Gasteiger charge is -2.26. The monoisotopic (exact) mass is 343 g/mol. The normalized spacial score (nSPS) is 16.0. The van der Waals surface area contributed by atoms with Gasteiger partial charge in [0, 0.05) is 31.4 Å². The third-order valence-electron chi connectivity index (χ3n) is 4.51. The van der Waals surface area contributed by atoms with Crippen LogP contribution in [0.1, 0.15) is 38.2 Å². The van der Waals surface area contributed by atoms with E-state index in [9.17, 15) is 0 Å². The number of hydrogen-bond donors (Lipinski definition) is 1. The number of nitrogens with zero attached hydrogens (tertiary/aromatic N) is 4. The Morgan fingerprint density at radius 3 is 3.00 bits per heavy atom. The van der Waals surface area contributed by atoms with Crippen LogP contribution in [0, 0.1) is 0 Å². The highest BCUT2D eigenvalue weighted by Crippen LogP contribution is 2.15. The molecule has 1 saturated heterocycles. The zero-order chi connectivity index (χ0) is 17.3. The van der Waals surface area contributed by atoms with E-state index in [2.05, 4.69) is 39.4 Å². The molecule has 1 aliphatic heterocycles. The van der Waals surface area contributed by atoms with Gasteiger partial charge in [-0.05, 0) is 25.5 Å². The van der Waals surface area contributed by atoms with E-state index in [4.69, 9.17) is 4.74 Å². The maximum atomic E-state index is 5.39. The average Bonchev–Trinajstić information content (AvgIpc) is 3.07. The second kappa shape index (κ2) is 9.53. The summed E-state index contributed by atoms with van der Waals surface area (Å²) in [6.07, 6.45) is 12.7. The predicted molar refractivity (Wildman–Crippen MR) is 102 cm³/mol. The van der Waals surface area contributed by atoms with Crippen LogP contribution in [0.15, 0.2) is 24.5 Å². The molecule has 136 valence electrons. The first kappa shape index (κ1) is 17.9. The first-order valence-electron chi connectivity index (χ1n) is 9.41. The Morgan fingerprint density at radius 2 is 2.16 bits per heavy atom. The van der Waals surface area contributed by atoms with Crippen LogP contribution in [0.3, 0.4) is 0 Å². The molecule has 3 heterocycles. The lowest BCUT2D eigenvalue weighted by Crippen LogP contribution is -2.37. The van der Waals surface area contributed by atoms with Gasteiger partial charge in [-0.1, -0.05) is 31.9 Å². The number of unbranched alkanes of at least 4 members (excludes halogenated alkanes) is 2. The molecule has 0 aromatic carbocycles. The fourth-order valence-corrected chi connectivity index (χ4v) is 3.04. The van der Waals surface area contributed by atoms with Crippen molar-refractivity contribution in [2.24, 2.45) is 0 Å². The minimum Gasteiger partial charge on any atom is -0.379 e. The summed E-state index contributed by atoms with van der Waals surface area (Å²) in [7, 11) is 0. The second-order valence-electron chi connectivity index (χ2n) is 6.44. The summed E-state index contributed by atoms with van der Waals surface area (Å²) >= 11 is 0. The number of anilines is 1. The molecule has 1 aliphatic rings. The highest BCUT2D eigenvalue weighted by Gasteiger charge is 2.10. The molecule has 25 heavy (non-hydrogen) atoms. The molecule has 0 saturated carbocycles. The van der Waals surface area contributed by atoms with Crippen molar-refractivity contribution in [2.45, 2.75) is 32.6 Å². The molecule has 0 bridgehead atoms. The first-order valence-corrected chi connectivity index (χ1v) is 9.41. The van der Waals surface area contributed by atoms with Crippen molar-refractivity contribution in [1.82, 2.24) is 19.5 Å². The van der Waals surface area contributed by atoms with Gasteiger partial charge in [-0.3, -0.25) is 4.90 Å². The quantitative estimate of drug-likeness (QED) is 0.709. The lowest BCUT2D eigenvalue weighted by molar-refractivity contribution is 0.0378. The molecule has 0 unspecified atom stereocenters. The van der Waals surface area contributed by atoms with Gasteiger partial charge in [0.2, 0.25) is 0 Å². The van der Waals surface area contributed by atoms with Gasteiger partial charge in [0.25, 0.3) is 0 Å². The van der Waals surface area contributed by atoms with Crippen molar-refractivity contribution in [3.8, 4) is 0 Å². The minimum absolute atomic E-state index is 0.861. The molecule has 0 aliphatic carbocycles. The van der Waals surface area contributed by atoms with Gasteiger partial charge < -0.3 is 10.1 Å². The molecular formula is C19H29N5O. The molecule has 1 N–H and O–H groups in total. The maximum absolute atomic E-state index is 5.39. The Bertz CT molecular complexity index is 676. The molecular weight excluding hydrogens is 314 g/mol. The number of rotatable bonds is 9. The van der Waals surface area contributed by atoms with Crippen molar-refractivity contribution in [3.63, 3.8) is 0 Å². The number of fused-ring (bicyclic) bond motifs is 1. The molecule has 1 fully saturated rings. The number of hydrogen-bond acceptors (Lipinski definition) is 5. The minimum atomic E-state index is 0.861. The topological polar surface area (TPSA) is 54.7 Å². The number of ether oxygens (including phenoxy) is 1. The van der Waals surface area contributed by atoms with Crippen molar-refractivity contribution in [2.75, 3.05) is 44.7 Å². The van der Waals surface area contributed by atoms with Crippen LogP contribution >= 0.6 is 0 Å². The second-order valence-corrected chi connectivity index (χ2v) is 6.44. The molecule has 2 aromatic rings. The number of morpholine rings is 1. The summed E-state index contributed by atoms with van der Waals surface area (Å²) in [6, 6.07) is 1.99. The van der Waals surface area contributed by atoms with Gasteiger partial charge in [-0.15, -0.1) is 0 Å². The van der Waals surface area contributed by atoms with Gasteiger partial charge in [0.15, 0.2) is 5.65 Å². The van der Waals surface area contributed by atoms with E-state index in [-0.39, 0.29) is 0 Å². The lowest BCUT2D eigenvalue weighted by atomic mass is 10.2. The van der Waals surface area contributed by atoms with Crippen molar-refractivity contribution >= 4 is 17.5 Å². The first-order chi connectivity index (χ1) is 12.4. The average molecular weight is 343 g/mol. The van der Waals surface area contributed by atoms with Crippen LogP contribution in [-0.4, -0.2) is 58.9 Å². The molecule has 0 amide bonds. The third-order valence-corrected chi connectivity index (χ3v) is 4.51. The highest BCUT2D eigenvalue weighted by atomic mass is 16.5. The van der Waals surface area contributed by atoms with Gasteiger partial charge in [0.05, 0.1) is 19.4 Å². The van der Waals surface area contributed by atoms with E-state index in [0.717, 1.165) is 69.3 Å². The fourth-order valence-electron chi connectivity index (χ4n) is 3.04. The molecule has 3 rings (SSSR count). The predicted octanol–water partition coefficient (Wildman–Crippen LogP) is 3.07. The molecule has 0 spiro atoms. The highest BCUT2D eigenvalue weighted by molar-refractivity contribution is 5.66. The number of allylic oxidation sites excluding steroid dienone is 1. The largest absolute Gasteiger partial charge is 0.379 e. The zero-order valence-corrected chi connectivity index (χ0v) is 15.2. The van der Waals surface area contributed by atoms with Crippen molar-refractivity contribution in [3.05, 3.63) is 30.1 Å². The maximum Gasteiger partial charge on any atom is 0.164 e. The molecule has 0 radical (unpaired) electrons. The Labute approximate surface area is 149 Å². The summed E-state index contributed by atoms with van der Waals surface area (Å²) in [6.45, 7) is 8.06. The van der Waals surface area contributed by atoms with Gasteiger partial charge in [0.1, 0.15) is 5.82 Å². The van der Waals surface area contributed by atoms with Gasteiger partial charge in [-0.2, -0.15) is 9.61 Å². The van der Waals surface area contributed by atoms with Crippen LogP contribution in [0.2, 0.25) is 0 Å². The Hall–Kier alpha value is -1.92. The van der Waals surface area contributed by atoms with E-state index in [1.165, 1.54) is 12.8 Å². The van der Waals surface area contributed by atoms with Crippen molar-refractivity contribution in [1.29, 1.82) is 0 Å². The van der Waals surface area contributed by atoms with Crippen LogP contribution in [-0.2, 0) is 4.74 Å². The molecule has 2 aromatic heterocycles. The van der Waals surface area contributed by atoms with E-state index >= 15 is 0 Å². The Morgan fingerprint density at radius 1 is 1.28 bits per heavy atom. The Kier molecular flexibility index (Phi) is 6.82. The zero-order valence-electron chi connectivity index (χ0n) is 15.2. The summed E-state index contributed by atoms with van der Waals surface area (Å²) in [5.74, 6) is 1.00. The van der Waals surface area contributed by atoms with E-state index < -0.39 is 0 Å². The van der Waals surface area contributed by atoms with E-state index in [1.54, 1.807) is 0 Å². The van der Waals surface area contributed by atoms with Crippen LogP contribution in [0.5, 0.6) is 0 Å². The molecule has 6 heteroatoms. The smallest absolute Gasteiger partial charge is 0.164 e. The van der Waals surface area contributed by atoms with E-state index in [0.29, 0.717) is 0 Å². The fraction of sp³-hybridized carbons (Fsp3) is 0.579. The molecule has 0 atom stereocenters.